The molecule has 5 nitrogen and oxygen atoms in total. The highest BCUT2D eigenvalue weighted by Crippen LogP contribution is 2.26. The van der Waals surface area contributed by atoms with Crippen LogP contribution in [0, 0.1) is 5.82 Å². The monoisotopic (exact) mass is 448 g/mol. The molecule has 0 aliphatic carbocycles. The van der Waals surface area contributed by atoms with E-state index in [0.717, 1.165) is 16.9 Å². The lowest BCUT2D eigenvalue weighted by Crippen LogP contribution is -2.38. The number of fused-ring (bicyclic) bond motifs is 1. The summed E-state index contributed by atoms with van der Waals surface area (Å²) in [5.74, 6) is -0.929. The van der Waals surface area contributed by atoms with Crippen molar-refractivity contribution in [2.75, 3.05) is 6.61 Å². The lowest BCUT2D eigenvalue weighted by molar-refractivity contribution is -0.139. The summed E-state index contributed by atoms with van der Waals surface area (Å²) in [6.07, 6.45) is 5.17. The van der Waals surface area contributed by atoms with Crippen LogP contribution in [0.4, 0.5) is 4.39 Å². The zero-order valence-corrected chi connectivity index (χ0v) is 18.4. The summed E-state index contributed by atoms with van der Waals surface area (Å²) in [5.41, 5.74) is 1.71. The second-order valence-corrected chi connectivity index (χ2v) is 8.14. The summed E-state index contributed by atoms with van der Waals surface area (Å²) in [4.78, 5) is 31.0. The van der Waals surface area contributed by atoms with Crippen LogP contribution in [-0.2, 0) is 9.53 Å². The maximum atomic E-state index is 14.2. The van der Waals surface area contributed by atoms with Gasteiger partial charge in [-0.15, -0.1) is 0 Å². The van der Waals surface area contributed by atoms with Gasteiger partial charge in [-0.25, -0.2) is 14.2 Å². The van der Waals surface area contributed by atoms with Crippen molar-refractivity contribution in [1.82, 2.24) is 4.57 Å². The molecule has 0 N–H and O–H groups in total. The first-order chi connectivity index (χ1) is 15.5. The normalized spacial score (nSPS) is 16.2. The molecule has 4 rings (SSSR count). The molecule has 0 saturated heterocycles. The van der Waals surface area contributed by atoms with Crippen LogP contribution in [0.15, 0.2) is 81.7 Å². The average molecular weight is 449 g/mol. The molecule has 1 aliphatic heterocycles. The van der Waals surface area contributed by atoms with Gasteiger partial charge in [0, 0.05) is 5.56 Å². The number of halogens is 1. The van der Waals surface area contributed by atoms with Crippen molar-refractivity contribution in [2.45, 2.75) is 19.9 Å². The molecule has 162 valence electrons. The molecule has 0 spiro atoms. The van der Waals surface area contributed by atoms with Crippen molar-refractivity contribution < 1.29 is 13.9 Å². The number of carbonyl (C=O) groups is 1. The first-order valence-corrected chi connectivity index (χ1v) is 11.0. The van der Waals surface area contributed by atoms with E-state index in [1.807, 2.05) is 36.4 Å². The van der Waals surface area contributed by atoms with Crippen molar-refractivity contribution in [3.8, 4) is 0 Å². The van der Waals surface area contributed by atoms with Gasteiger partial charge in [-0.1, -0.05) is 72.0 Å². The molecular formula is C25H21FN2O3S. The first-order valence-electron chi connectivity index (χ1n) is 10.2. The Kier molecular flexibility index (Phi) is 6.28. The summed E-state index contributed by atoms with van der Waals surface area (Å²) >= 11 is 1.16. The third kappa shape index (κ3) is 4.24. The highest BCUT2D eigenvalue weighted by Gasteiger charge is 2.30. The van der Waals surface area contributed by atoms with E-state index in [9.17, 15) is 14.0 Å². The molecule has 0 saturated carbocycles. The second-order valence-electron chi connectivity index (χ2n) is 7.14. The Hall–Kier alpha value is -3.58. The van der Waals surface area contributed by atoms with Crippen LogP contribution in [0.3, 0.4) is 0 Å². The van der Waals surface area contributed by atoms with Gasteiger partial charge in [0.1, 0.15) is 5.82 Å². The van der Waals surface area contributed by atoms with Gasteiger partial charge in [-0.2, -0.15) is 0 Å². The Labute approximate surface area is 188 Å². The fourth-order valence-corrected chi connectivity index (χ4v) is 4.56. The Morgan fingerprint density at radius 1 is 1.19 bits per heavy atom. The van der Waals surface area contributed by atoms with Crippen LogP contribution < -0.4 is 14.9 Å². The standard InChI is InChI=1S/C25H21FN2O3S/c1-3-31-24(30)22-16(2)27-25-28(20(22)14-13-17-9-5-4-6-10-17)23(29)21(32-25)15-18-11-7-8-12-19(18)26/h4-15,20H,3H2,1-2H3/b14-13?,21-15+. The van der Waals surface area contributed by atoms with Gasteiger partial charge >= 0.3 is 5.97 Å². The molecule has 3 aromatic rings. The molecule has 2 aromatic carbocycles. The van der Waals surface area contributed by atoms with Crippen molar-refractivity contribution in [1.29, 1.82) is 0 Å². The summed E-state index contributed by atoms with van der Waals surface area (Å²) in [6.45, 7) is 3.66. The zero-order valence-electron chi connectivity index (χ0n) is 17.6. The largest absolute Gasteiger partial charge is 0.463 e. The van der Waals surface area contributed by atoms with Crippen LogP contribution in [0.1, 0.15) is 31.0 Å². The van der Waals surface area contributed by atoms with Gasteiger partial charge in [0.2, 0.25) is 0 Å². The smallest absolute Gasteiger partial charge is 0.338 e. The minimum Gasteiger partial charge on any atom is -0.463 e. The predicted octanol–water partition coefficient (Wildman–Crippen LogP) is 3.60. The minimum absolute atomic E-state index is 0.211. The number of nitrogens with zero attached hydrogens (tertiary/aromatic N) is 2. The molecule has 0 bridgehead atoms. The minimum atomic E-state index is -0.687. The number of allylic oxidation sites excluding steroid dienone is 2. The Morgan fingerprint density at radius 3 is 2.62 bits per heavy atom. The quantitative estimate of drug-likeness (QED) is 0.561. The Balaban J connectivity index is 1.89. The Bertz CT molecular complexity index is 1400. The lowest BCUT2D eigenvalue weighted by atomic mass is 10.0. The molecule has 32 heavy (non-hydrogen) atoms. The third-order valence-corrected chi connectivity index (χ3v) is 6.00. The molecular weight excluding hydrogens is 427 g/mol. The fraction of sp³-hybridized carbons (Fsp3) is 0.160. The van der Waals surface area contributed by atoms with Crippen LogP contribution >= 0.6 is 11.3 Å². The van der Waals surface area contributed by atoms with Gasteiger partial charge in [0.25, 0.3) is 5.56 Å². The second kappa shape index (κ2) is 9.28. The lowest BCUT2D eigenvalue weighted by Gasteiger charge is -2.21. The van der Waals surface area contributed by atoms with E-state index in [4.69, 9.17) is 4.74 Å². The molecule has 1 aromatic heterocycles. The van der Waals surface area contributed by atoms with E-state index in [1.165, 1.54) is 16.7 Å². The number of hydrogen-bond donors (Lipinski definition) is 0. The van der Waals surface area contributed by atoms with E-state index in [1.54, 1.807) is 38.1 Å². The number of esters is 1. The van der Waals surface area contributed by atoms with Gasteiger partial charge in [0.15, 0.2) is 4.80 Å². The summed E-state index contributed by atoms with van der Waals surface area (Å²) in [5, 5.41) is 0. The first kappa shape index (κ1) is 21.6. The number of rotatable bonds is 5. The fourth-order valence-electron chi connectivity index (χ4n) is 3.52. The van der Waals surface area contributed by atoms with Crippen molar-refractivity contribution >= 4 is 29.5 Å². The third-order valence-electron chi connectivity index (χ3n) is 5.02. The van der Waals surface area contributed by atoms with Gasteiger partial charge in [0.05, 0.1) is 28.5 Å². The SMILES string of the molecule is CCOC(=O)C1=C(C)N=c2s/c(=C/c3ccccc3F)c(=O)n2C1C=Cc1ccccc1. The van der Waals surface area contributed by atoms with E-state index < -0.39 is 17.8 Å². The summed E-state index contributed by atoms with van der Waals surface area (Å²) in [7, 11) is 0. The number of benzene rings is 2. The predicted molar refractivity (Wildman–Crippen MR) is 123 cm³/mol. The topological polar surface area (TPSA) is 60.7 Å². The number of thiazole rings is 1. The van der Waals surface area contributed by atoms with E-state index in [-0.39, 0.29) is 12.2 Å². The van der Waals surface area contributed by atoms with Crippen molar-refractivity contribution in [2.24, 2.45) is 4.99 Å². The molecule has 1 aliphatic rings. The van der Waals surface area contributed by atoms with Crippen LogP contribution in [-0.4, -0.2) is 17.1 Å². The number of carbonyl (C=O) groups excluding carboxylic acids is 1. The van der Waals surface area contributed by atoms with Crippen LogP contribution in [0.5, 0.6) is 0 Å². The molecule has 0 amide bonds. The van der Waals surface area contributed by atoms with Crippen LogP contribution in [0.2, 0.25) is 0 Å². The van der Waals surface area contributed by atoms with Gasteiger partial charge in [-0.05, 0) is 31.6 Å². The van der Waals surface area contributed by atoms with E-state index in [2.05, 4.69) is 4.99 Å². The van der Waals surface area contributed by atoms with Gasteiger partial charge in [-0.3, -0.25) is 9.36 Å². The summed E-state index contributed by atoms with van der Waals surface area (Å²) in [6, 6.07) is 15.2. The van der Waals surface area contributed by atoms with Crippen LogP contribution in [0.25, 0.3) is 12.2 Å². The molecule has 7 heteroatoms. The number of ether oxygens (including phenoxy) is 1. The highest BCUT2D eigenvalue weighted by molar-refractivity contribution is 7.07. The Morgan fingerprint density at radius 2 is 1.91 bits per heavy atom. The average Bonchev–Trinajstić information content (AvgIpc) is 3.09. The zero-order chi connectivity index (χ0) is 22.7. The highest BCUT2D eigenvalue weighted by atomic mass is 32.1. The number of hydrogen-bond acceptors (Lipinski definition) is 5. The van der Waals surface area contributed by atoms with Crippen molar-refractivity contribution in [3.05, 3.63) is 109 Å². The maximum Gasteiger partial charge on any atom is 0.338 e. The maximum absolute atomic E-state index is 14.2. The molecule has 0 fully saturated rings. The van der Waals surface area contributed by atoms with Crippen molar-refractivity contribution in [3.63, 3.8) is 0 Å². The van der Waals surface area contributed by atoms with E-state index in [0.29, 0.717) is 26.2 Å². The summed E-state index contributed by atoms with van der Waals surface area (Å²) < 4.78 is 21.2. The molecule has 1 atom stereocenters. The molecule has 2 heterocycles. The number of aromatic nitrogens is 1. The molecule has 0 radical (unpaired) electrons. The van der Waals surface area contributed by atoms with Gasteiger partial charge < -0.3 is 4.74 Å². The van der Waals surface area contributed by atoms with E-state index >= 15 is 0 Å². The molecule has 1 unspecified atom stereocenters.